The summed E-state index contributed by atoms with van der Waals surface area (Å²) in [6, 6.07) is 16.3. The van der Waals surface area contributed by atoms with Gasteiger partial charge in [0.05, 0.1) is 13.1 Å². The van der Waals surface area contributed by atoms with Crippen LogP contribution in [0.4, 0.5) is 5.69 Å². The monoisotopic (exact) mass is 458 g/mol. The molecule has 7 nitrogen and oxygen atoms in total. The van der Waals surface area contributed by atoms with Crippen LogP contribution >= 0.6 is 15.9 Å². The van der Waals surface area contributed by atoms with E-state index in [1.165, 1.54) is 0 Å². The highest BCUT2D eigenvalue weighted by molar-refractivity contribution is 9.10. The predicted molar refractivity (Wildman–Crippen MR) is 115 cm³/mol. The van der Waals surface area contributed by atoms with Crippen LogP contribution < -0.4 is 10.6 Å². The Hall–Kier alpha value is -2.71. The van der Waals surface area contributed by atoms with Gasteiger partial charge in [0.25, 0.3) is 5.91 Å². The quantitative estimate of drug-likeness (QED) is 0.692. The molecular weight excluding hydrogens is 436 g/mol. The van der Waals surface area contributed by atoms with Crippen LogP contribution in [0.2, 0.25) is 0 Å². The number of nitrogens with zero attached hydrogens (tertiary/aromatic N) is 2. The fourth-order valence-electron chi connectivity index (χ4n) is 3.08. The molecule has 3 rings (SSSR count). The first-order valence-corrected chi connectivity index (χ1v) is 10.2. The van der Waals surface area contributed by atoms with Crippen LogP contribution in [0.3, 0.4) is 0 Å². The zero-order valence-corrected chi connectivity index (χ0v) is 17.5. The van der Waals surface area contributed by atoms with Crippen molar-refractivity contribution < 1.29 is 14.4 Å². The van der Waals surface area contributed by atoms with Crippen molar-refractivity contribution >= 4 is 39.3 Å². The summed E-state index contributed by atoms with van der Waals surface area (Å²) >= 11 is 3.33. The number of amides is 3. The Labute approximate surface area is 178 Å². The summed E-state index contributed by atoms with van der Waals surface area (Å²) in [7, 11) is 0. The summed E-state index contributed by atoms with van der Waals surface area (Å²) in [5.74, 6) is -0.477. The lowest BCUT2D eigenvalue weighted by Gasteiger charge is -2.34. The molecule has 0 aliphatic carbocycles. The smallest absolute Gasteiger partial charge is 0.251 e. The van der Waals surface area contributed by atoms with Crippen LogP contribution in [0.15, 0.2) is 59.1 Å². The number of hydrogen-bond acceptors (Lipinski definition) is 4. The Morgan fingerprint density at radius 2 is 1.66 bits per heavy atom. The average Bonchev–Trinajstić information content (AvgIpc) is 2.73. The van der Waals surface area contributed by atoms with Gasteiger partial charge in [0.1, 0.15) is 0 Å². The molecule has 1 heterocycles. The summed E-state index contributed by atoms with van der Waals surface area (Å²) in [5, 5.41) is 5.53. The molecular formula is C21H23BrN4O3. The second-order valence-electron chi connectivity index (χ2n) is 6.76. The first-order valence-electron chi connectivity index (χ1n) is 9.40. The fraction of sp³-hybridized carbons (Fsp3) is 0.286. The maximum atomic E-state index is 12.4. The van der Waals surface area contributed by atoms with Crippen molar-refractivity contribution in [1.82, 2.24) is 15.1 Å². The topological polar surface area (TPSA) is 81.8 Å². The van der Waals surface area contributed by atoms with Gasteiger partial charge in [0, 0.05) is 41.9 Å². The minimum atomic E-state index is -0.282. The van der Waals surface area contributed by atoms with Gasteiger partial charge in [-0.25, -0.2) is 0 Å². The van der Waals surface area contributed by atoms with Gasteiger partial charge in [-0.1, -0.05) is 40.2 Å². The Bertz CT molecular complexity index is 867. The Morgan fingerprint density at radius 3 is 2.34 bits per heavy atom. The summed E-state index contributed by atoms with van der Waals surface area (Å²) in [6.45, 7) is 2.55. The van der Waals surface area contributed by atoms with Crippen LogP contribution in [-0.2, 0) is 9.59 Å². The molecule has 0 unspecified atom stereocenters. The standard InChI is InChI=1S/C21H23BrN4O3/c22-17-6-4-5-16(13-17)21(29)23-14-20(28)26-11-9-25(10-12-26)15-19(27)24-18-7-2-1-3-8-18/h1-8,13H,9-12,14-15H2,(H,23,29)(H,24,27). The van der Waals surface area contributed by atoms with Crippen molar-refractivity contribution in [3.8, 4) is 0 Å². The predicted octanol–water partition coefficient (Wildman–Crippen LogP) is 1.96. The van der Waals surface area contributed by atoms with Gasteiger partial charge >= 0.3 is 0 Å². The normalized spacial score (nSPS) is 14.3. The number of nitrogens with one attached hydrogen (secondary N) is 2. The number of rotatable bonds is 6. The number of hydrogen-bond donors (Lipinski definition) is 2. The first kappa shape index (κ1) is 21.0. The molecule has 1 fully saturated rings. The third-order valence-corrected chi connectivity index (χ3v) is 5.13. The van der Waals surface area contributed by atoms with Gasteiger partial charge in [-0.15, -0.1) is 0 Å². The van der Waals surface area contributed by atoms with Gasteiger partial charge in [0.15, 0.2) is 0 Å². The maximum absolute atomic E-state index is 12.4. The first-order chi connectivity index (χ1) is 14.0. The summed E-state index contributed by atoms with van der Waals surface area (Å²) in [4.78, 5) is 40.4. The molecule has 2 aromatic carbocycles. The molecule has 2 N–H and O–H groups in total. The third kappa shape index (κ3) is 6.40. The number of carbonyl (C=O) groups is 3. The van der Waals surface area contributed by atoms with E-state index in [1.807, 2.05) is 41.3 Å². The zero-order chi connectivity index (χ0) is 20.6. The molecule has 0 bridgehead atoms. The number of piperazine rings is 1. The Morgan fingerprint density at radius 1 is 0.931 bits per heavy atom. The van der Waals surface area contributed by atoms with Crippen molar-refractivity contribution in [2.75, 3.05) is 44.6 Å². The van der Waals surface area contributed by atoms with Gasteiger partial charge in [-0.3, -0.25) is 19.3 Å². The molecule has 1 aliphatic heterocycles. The van der Waals surface area contributed by atoms with Crippen molar-refractivity contribution in [2.45, 2.75) is 0 Å². The molecule has 1 saturated heterocycles. The van der Waals surface area contributed by atoms with Gasteiger partial charge in [0.2, 0.25) is 11.8 Å². The third-order valence-electron chi connectivity index (χ3n) is 4.64. The molecule has 8 heteroatoms. The van der Waals surface area contributed by atoms with Crippen LogP contribution in [0.5, 0.6) is 0 Å². The van der Waals surface area contributed by atoms with Crippen molar-refractivity contribution in [1.29, 1.82) is 0 Å². The lowest BCUT2D eigenvalue weighted by atomic mass is 10.2. The second-order valence-corrected chi connectivity index (χ2v) is 7.68. The minimum absolute atomic E-state index is 0.0418. The molecule has 0 saturated carbocycles. The van der Waals surface area contributed by atoms with E-state index in [9.17, 15) is 14.4 Å². The van der Waals surface area contributed by atoms with Crippen molar-refractivity contribution in [3.05, 3.63) is 64.6 Å². The van der Waals surface area contributed by atoms with Crippen LogP contribution in [0.25, 0.3) is 0 Å². The minimum Gasteiger partial charge on any atom is -0.343 e. The van der Waals surface area contributed by atoms with E-state index in [2.05, 4.69) is 26.6 Å². The van der Waals surface area contributed by atoms with E-state index in [0.29, 0.717) is 31.7 Å². The maximum Gasteiger partial charge on any atom is 0.251 e. The second kappa shape index (κ2) is 10.2. The van der Waals surface area contributed by atoms with E-state index >= 15 is 0 Å². The number of benzene rings is 2. The average molecular weight is 459 g/mol. The molecule has 0 radical (unpaired) electrons. The molecule has 2 aromatic rings. The highest BCUT2D eigenvalue weighted by Gasteiger charge is 2.22. The lowest BCUT2D eigenvalue weighted by molar-refractivity contribution is -0.132. The van der Waals surface area contributed by atoms with Gasteiger partial charge in [-0.2, -0.15) is 0 Å². The van der Waals surface area contributed by atoms with Crippen LogP contribution in [0, 0.1) is 0 Å². The molecule has 0 aromatic heterocycles. The molecule has 0 atom stereocenters. The Balaban J connectivity index is 1.39. The number of anilines is 1. The van der Waals surface area contributed by atoms with E-state index in [1.54, 1.807) is 23.1 Å². The lowest BCUT2D eigenvalue weighted by Crippen LogP contribution is -2.52. The molecule has 1 aliphatic rings. The number of para-hydroxylation sites is 1. The van der Waals surface area contributed by atoms with Crippen LogP contribution in [-0.4, -0.2) is 66.8 Å². The zero-order valence-electron chi connectivity index (χ0n) is 15.9. The highest BCUT2D eigenvalue weighted by atomic mass is 79.9. The SMILES string of the molecule is O=C(CN1CCN(C(=O)CNC(=O)c2cccc(Br)c2)CC1)Nc1ccccc1. The van der Waals surface area contributed by atoms with Crippen molar-refractivity contribution in [3.63, 3.8) is 0 Å². The van der Waals surface area contributed by atoms with Gasteiger partial charge in [-0.05, 0) is 30.3 Å². The molecule has 3 amide bonds. The molecule has 0 spiro atoms. The molecule has 152 valence electrons. The Kier molecular flexibility index (Phi) is 7.37. The van der Waals surface area contributed by atoms with E-state index in [-0.39, 0.29) is 30.8 Å². The largest absolute Gasteiger partial charge is 0.343 e. The number of halogens is 1. The summed E-state index contributed by atoms with van der Waals surface area (Å²) < 4.78 is 0.809. The summed E-state index contributed by atoms with van der Waals surface area (Å²) in [5.41, 5.74) is 1.27. The van der Waals surface area contributed by atoms with Gasteiger partial charge < -0.3 is 15.5 Å². The fourth-order valence-corrected chi connectivity index (χ4v) is 3.48. The van der Waals surface area contributed by atoms with Crippen LogP contribution in [0.1, 0.15) is 10.4 Å². The molecule has 29 heavy (non-hydrogen) atoms. The van der Waals surface area contributed by atoms with Crippen molar-refractivity contribution in [2.24, 2.45) is 0 Å². The summed E-state index contributed by atoms with van der Waals surface area (Å²) in [6.07, 6.45) is 0. The van der Waals surface area contributed by atoms with E-state index in [4.69, 9.17) is 0 Å². The highest BCUT2D eigenvalue weighted by Crippen LogP contribution is 2.11. The van der Waals surface area contributed by atoms with E-state index in [0.717, 1.165) is 10.2 Å². The van der Waals surface area contributed by atoms with E-state index < -0.39 is 0 Å². The number of carbonyl (C=O) groups excluding carboxylic acids is 3.